The SMILES string of the molecule is COc1c(F)cccc1C(=O)N1CCCN(CCn2cnc3ccccc32)CC1. The fourth-order valence-electron chi connectivity index (χ4n) is 3.89. The molecule has 0 N–H and O–H groups in total. The van der Waals surface area contributed by atoms with Crippen molar-refractivity contribution in [3.8, 4) is 5.75 Å². The zero-order chi connectivity index (χ0) is 20.2. The van der Waals surface area contributed by atoms with Gasteiger partial charge in [-0.2, -0.15) is 0 Å². The molecule has 0 radical (unpaired) electrons. The van der Waals surface area contributed by atoms with Crippen molar-refractivity contribution in [3.05, 3.63) is 60.2 Å². The molecule has 0 spiro atoms. The van der Waals surface area contributed by atoms with Gasteiger partial charge < -0.3 is 14.2 Å². The van der Waals surface area contributed by atoms with E-state index in [4.69, 9.17) is 4.74 Å². The van der Waals surface area contributed by atoms with Gasteiger partial charge in [0.25, 0.3) is 5.91 Å². The number of benzene rings is 2. The van der Waals surface area contributed by atoms with Crippen LogP contribution in [-0.2, 0) is 6.54 Å². The first kappa shape index (κ1) is 19.4. The summed E-state index contributed by atoms with van der Waals surface area (Å²) in [5, 5.41) is 0. The van der Waals surface area contributed by atoms with E-state index in [-0.39, 0.29) is 17.2 Å². The van der Waals surface area contributed by atoms with E-state index in [0.717, 1.165) is 43.6 Å². The molecule has 0 atom stereocenters. The van der Waals surface area contributed by atoms with Gasteiger partial charge in [0.15, 0.2) is 11.6 Å². The summed E-state index contributed by atoms with van der Waals surface area (Å²) in [6.45, 7) is 4.73. The highest BCUT2D eigenvalue weighted by molar-refractivity contribution is 5.97. The minimum Gasteiger partial charge on any atom is -0.493 e. The maximum Gasteiger partial charge on any atom is 0.257 e. The van der Waals surface area contributed by atoms with E-state index in [1.54, 1.807) is 17.0 Å². The minimum absolute atomic E-state index is 0.0191. The molecule has 1 aromatic heterocycles. The molecule has 0 saturated carbocycles. The molecular formula is C22H25FN4O2. The predicted molar refractivity (Wildman–Crippen MR) is 110 cm³/mol. The van der Waals surface area contributed by atoms with Crippen LogP contribution < -0.4 is 4.74 Å². The van der Waals surface area contributed by atoms with E-state index >= 15 is 0 Å². The molecule has 1 aliphatic heterocycles. The van der Waals surface area contributed by atoms with E-state index < -0.39 is 5.82 Å². The number of carbonyl (C=O) groups excluding carboxylic acids is 1. The van der Waals surface area contributed by atoms with E-state index in [9.17, 15) is 9.18 Å². The van der Waals surface area contributed by atoms with Crippen LogP contribution in [0.25, 0.3) is 11.0 Å². The number of ether oxygens (including phenoxy) is 1. The van der Waals surface area contributed by atoms with Crippen molar-refractivity contribution < 1.29 is 13.9 Å². The number of hydrogen-bond donors (Lipinski definition) is 0. The van der Waals surface area contributed by atoms with Crippen molar-refractivity contribution in [3.63, 3.8) is 0 Å². The first-order valence-electron chi connectivity index (χ1n) is 9.91. The molecule has 0 unspecified atom stereocenters. The van der Waals surface area contributed by atoms with Crippen LogP contribution in [0, 0.1) is 5.82 Å². The monoisotopic (exact) mass is 396 g/mol. The number of amides is 1. The lowest BCUT2D eigenvalue weighted by molar-refractivity contribution is 0.0757. The maximum absolute atomic E-state index is 14.0. The van der Waals surface area contributed by atoms with Gasteiger partial charge in [-0.15, -0.1) is 0 Å². The van der Waals surface area contributed by atoms with Crippen molar-refractivity contribution in [2.24, 2.45) is 0 Å². The van der Waals surface area contributed by atoms with Gasteiger partial charge >= 0.3 is 0 Å². The van der Waals surface area contributed by atoms with Crippen LogP contribution in [0.5, 0.6) is 5.75 Å². The molecule has 1 amide bonds. The molecule has 2 aromatic carbocycles. The van der Waals surface area contributed by atoms with Crippen molar-refractivity contribution in [2.75, 3.05) is 39.8 Å². The maximum atomic E-state index is 14.0. The second-order valence-electron chi connectivity index (χ2n) is 7.23. The van der Waals surface area contributed by atoms with Gasteiger partial charge in [0, 0.05) is 32.7 Å². The topological polar surface area (TPSA) is 50.6 Å². The Labute approximate surface area is 169 Å². The average Bonchev–Trinajstić information content (AvgIpc) is 3.00. The summed E-state index contributed by atoms with van der Waals surface area (Å²) in [7, 11) is 1.39. The molecule has 0 bridgehead atoms. The van der Waals surface area contributed by atoms with Gasteiger partial charge in [0.05, 0.1) is 30.0 Å². The van der Waals surface area contributed by atoms with Crippen LogP contribution in [0.15, 0.2) is 48.8 Å². The number of rotatable bonds is 5. The molecule has 3 aromatic rings. The molecule has 1 aliphatic rings. The number of nitrogens with zero attached hydrogens (tertiary/aromatic N) is 4. The molecule has 2 heterocycles. The summed E-state index contributed by atoms with van der Waals surface area (Å²) in [6.07, 6.45) is 2.77. The average molecular weight is 396 g/mol. The Hall–Kier alpha value is -2.93. The van der Waals surface area contributed by atoms with Crippen molar-refractivity contribution in [2.45, 2.75) is 13.0 Å². The van der Waals surface area contributed by atoms with Crippen LogP contribution in [0.4, 0.5) is 4.39 Å². The number of halogens is 1. The zero-order valence-electron chi connectivity index (χ0n) is 16.6. The molecule has 7 heteroatoms. The summed E-state index contributed by atoms with van der Waals surface area (Å²) < 4.78 is 21.2. The first-order valence-corrected chi connectivity index (χ1v) is 9.91. The molecular weight excluding hydrogens is 371 g/mol. The van der Waals surface area contributed by atoms with Gasteiger partial charge in [-0.3, -0.25) is 9.69 Å². The fraction of sp³-hybridized carbons (Fsp3) is 0.364. The third-order valence-corrected chi connectivity index (χ3v) is 5.46. The summed E-state index contributed by atoms with van der Waals surface area (Å²) in [5.74, 6) is -0.670. The molecule has 0 aliphatic carbocycles. The smallest absolute Gasteiger partial charge is 0.257 e. The Morgan fingerprint density at radius 2 is 1.93 bits per heavy atom. The van der Waals surface area contributed by atoms with Gasteiger partial charge in [-0.05, 0) is 37.2 Å². The Balaban J connectivity index is 1.38. The second kappa shape index (κ2) is 8.61. The molecule has 6 nitrogen and oxygen atoms in total. The van der Waals surface area contributed by atoms with Gasteiger partial charge in [0.2, 0.25) is 0 Å². The molecule has 4 rings (SSSR count). The molecule has 1 saturated heterocycles. The van der Waals surface area contributed by atoms with Crippen LogP contribution in [0.2, 0.25) is 0 Å². The number of carbonyl (C=O) groups is 1. The zero-order valence-corrected chi connectivity index (χ0v) is 16.6. The van der Waals surface area contributed by atoms with E-state index in [0.29, 0.717) is 13.1 Å². The van der Waals surface area contributed by atoms with Crippen LogP contribution in [0.1, 0.15) is 16.8 Å². The Kier molecular flexibility index (Phi) is 5.76. The first-order chi connectivity index (χ1) is 14.2. The molecule has 1 fully saturated rings. The summed E-state index contributed by atoms with van der Waals surface area (Å²) in [6, 6.07) is 12.6. The number of aromatic nitrogens is 2. The van der Waals surface area contributed by atoms with Gasteiger partial charge in [-0.1, -0.05) is 18.2 Å². The number of methoxy groups -OCH3 is 1. The second-order valence-corrected chi connectivity index (χ2v) is 7.23. The van der Waals surface area contributed by atoms with E-state index in [2.05, 4.69) is 20.5 Å². The van der Waals surface area contributed by atoms with Crippen LogP contribution in [0.3, 0.4) is 0 Å². The van der Waals surface area contributed by atoms with E-state index in [1.165, 1.54) is 13.2 Å². The lowest BCUT2D eigenvalue weighted by Crippen LogP contribution is -2.36. The Bertz CT molecular complexity index is 1000. The largest absolute Gasteiger partial charge is 0.493 e. The fourth-order valence-corrected chi connectivity index (χ4v) is 3.89. The quantitative estimate of drug-likeness (QED) is 0.665. The van der Waals surface area contributed by atoms with Crippen LogP contribution >= 0.6 is 0 Å². The third-order valence-electron chi connectivity index (χ3n) is 5.46. The number of para-hydroxylation sites is 3. The predicted octanol–water partition coefficient (Wildman–Crippen LogP) is 3.03. The molecule has 29 heavy (non-hydrogen) atoms. The van der Waals surface area contributed by atoms with E-state index in [1.807, 2.05) is 24.5 Å². The number of fused-ring (bicyclic) bond motifs is 1. The highest BCUT2D eigenvalue weighted by atomic mass is 19.1. The lowest BCUT2D eigenvalue weighted by atomic mass is 10.1. The van der Waals surface area contributed by atoms with Crippen molar-refractivity contribution in [1.29, 1.82) is 0 Å². The van der Waals surface area contributed by atoms with Crippen molar-refractivity contribution >= 4 is 16.9 Å². The summed E-state index contributed by atoms with van der Waals surface area (Å²) in [5.41, 5.74) is 2.42. The summed E-state index contributed by atoms with van der Waals surface area (Å²) >= 11 is 0. The molecule has 152 valence electrons. The van der Waals surface area contributed by atoms with Gasteiger partial charge in [0.1, 0.15) is 0 Å². The minimum atomic E-state index is -0.512. The highest BCUT2D eigenvalue weighted by Crippen LogP contribution is 2.24. The summed E-state index contributed by atoms with van der Waals surface area (Å²) in [4.78, 5) is 21.5. The van der Waals surface area contributed by atoms with Crippen molar-refractivity contribution in [1.82, 2.24) is 19.4 Å². The van der Waals surface area contributed by atoms with Gasteiger partial charge in [-0.25, -0.2) is 9.37 Å². The Morgan fingerprint density at radius 3 is 2.79 bits per heavy atom. The number of imidazole rings is 1. The number of hydrogen-bond acceptors (Lipinski definition) is 4. The lowest BCUT2D eigenvalue weighted by Gasteiger charge is -2.23. The Morgan fingerprint density at radius 1 is 1.07 bits per heavy atom. The standard InChI is InChI=1S/C22H25FN4O2/c1-29-21-17(6-4-7-18(21)23)22(28)26-11-5-10-25(12-14-26)13-15-27-16-24-19-8-2-3-9-20(19)27/h2-4,6-9,16H,5,10-15H2,1H3. The normalized spacial score (nSPS) is 15.4. The van der Waals surface area contributed by atoms with Crippen LogP contribution in [-0.4, -0.2) is 65.1 Å². The highest BCUT2D eigenvalue weighted by Gasteiger charge is 2.24. The third kappa shape index (κ3) is 4.10.